The fourth-order valence-corrected chi connectivity index (χ4v) is 0.269. The van der Waals surface area contributed by atoms with Gasteiger partial charge in [-0.1, -0.05) is 0 Å². The number of aldehydes is 1. The largest absolute Gasteiger partial charge is 0.341 e. The molecular formula is C3H4O4. The van der Waals surface area contributed by atoms with Crippen molar-refractivity contribution in [2.45, 2.75) is 12.1 Å². The third-order valence-electron chi connectivity index (χ3n) is 0.737. The van der Waals surface area contributed by atoms with Crippen LogP contribution < -0.4 is 0 Å². The Morgan fingerprint density at radius 1 is 1.71 bits per heavy atom. The minimum atomic E-state index is -2.15. The normalized spacial score (nSPS) is 34.9. The minimum Gasteiger partial charge on any atom is -0.341 e. The molecule has 2 N–H and O–H groups in total. The molecule has 1 rings (SSSR count). The average molecular weight is 104 g/mol. The highest BCUT2D eigenvalue weighted by Crippen LogP contribution is 2.27. The second-order valence-electron chi connectivity index (χ2n) is 1.33. The zero-order valence-corrected chi connectivity index (χ0v) is 3.37. The standard InChI is InChI=1S/C3H4O4/c4-1-2-3(5,6)7-2/h1-2,5-6H. The zero-order valence-electron chi connectivity index (χ0n) is 3.37. The number of carbonyl (C=O) groups excluding carboxylic acids is 1. The van der Waals surface area contributed by atoms with Crippen LogP contribution in [0.4, 0.5) is 0 Å². The van der Waals surface area contributed by atoms with E-state index in [0.717, 1.165) is 0 Å². The molecule has 1 unspecified atom stereocenters. The third kappa shape index (κ3) is 0.628. The summed E-state index contributed by atoms with van der Waals surface area (Å²) in [6.45, 7) is 0. The topological polar surface area (TPSA) is 70.1 Å². The van der Waals surface area contributed by atoms with Gasteiger partial charge in [-0.05, 0) is 0 Å². The molecule has 1 heterocycles. The van der Waals surface area contributed by atoms with Gasteiger partial charge in [-0.15, -0.1) is 0 Å². The lowest BCUT2D eigenvalue weighted by molar-refractivity contribution is -0.150. The third-order valence-corrected chi connectivity index (χ3v) is 0.737. The predicted molar refractivity (Wildman–Crippen MR) is 18.1 cm³/mol. The van der Waals surface area contributed by atoms with E-state index < -0.39 is 12.1 Å². The van der Waals surface area contributed by atoms with Crippen LogP contribution in [-0.4, -0.2) is 28.6 Å². The van der Waals surface area contributed by atoms with Crippen LogP contribution in [0.2, 0.25) is 0 Å². The van der Waals surface area contributed by atoms with Crippen LogP contribution in [0.1, 0.15) is 0 Å². The Hall–Kier alpha value is -0.450. The highest BCUT2D eigenvalue weighted by molar-refractivity contribution is 5.60. The average Bonchev–Trinajstić information content (AvgIpc) is 2.13. The molecule has 0 saturated carbocycles. The molecule has 0 aromatic rings. The number of carbonyl (C=O) groups is 1. The molecular weight excluding hydrogens is 100 g/mol. The van der Waals surface area contributed by atoms with Crippen molar-refractivity contribution in [3.05, 3.63) is 0 Å². The highest BCUT2D eigenvalue weighted by atomic mass is 16.9. The van der Waals surface area contributed by atoms with Crippen molar-refractivity contribution in [2.24, 2.45) is 0 Å². The van der Waals surface area contributed by atoms with Crippen LogP contribution in [0.25, 0.3) is 0 Å². The number of rotatable bonds is 1. The minimum absolute atomic E-state index is 0.333. The van der Waals surface area contributed by atoms with Crippen molar-refractivity contribution < 1.29 is 19.7 Å². The summed E-state index contributed by atoms with van der Waals surface area (Å²) in [6, 6.07) is 0. The molecule has 1 atom stereocenters. The number of epoxide rings is 1. The van der Waals surface area contributed by atoms with Gasteiger partial charge in [-0.2, -0.15) is 0 Å². The van der Waals surface area contributed by atoms with E-state index in [0.29, 0.717) is 6.29 Å². The molecule has 1 aliphatic heterocycles. The van der Waals surface area contributed by atoms with Crippen molar-refractivity contribution in [1.82, 2.24) is 0 Å². The van der Waals surface area contributed by atoms with E-state index in [-0.39, 0.29) is 0 Å². The van der Waals surface area contributed by atoms with Crippen LogP contribution in [0.5, 0.6) is 0 Å². The second kappa shape index (κ2) is 1.03. The molecule has 0 spiro atoms. The van der Waals surface area contributed by atoms with Crippen LogP contribution in [0.15, 0.2) is 0 Å². The number of hydrogen-bond acceptors (Lipinski definition) is 4. The van der Waals surface area contributed by atoms with Gasteiger partial charge in [-0.25, -0.2) is 0 Å². The molecule has 0 aromatic heterocycles. The van der Waals surface area contributed by atoms with Crippen molar-refractivity contribution in [2.75, 3.05) is 0 Å². The second-order valence-corrected chi connectivity index (χ2v) is 1.33. The quantitative estimate of drug-likeness (QED) is 0.234. The summed E-state index contributed by atoms with van der Waals surface area (Å²) >= 11 is 0. The molecule has 0 aromatic carbocycles. The van der Waals surface area contributed by atoms with Crippen molar-refractivity contribution >= 4 is 6.29 Å². The van der Waals surface area contributed by atoms with E-state index in [9.17, 15) is 4.79 Å². The fourth-order valence-electron chi connectivity index (χ4n) is 0.269. The molecule has 1 saturated heterocycles. The maximum Gasteiger partial charge on any atom is 0.314 e. The molecule has 4 heteroatoms. The molecule has 40 valence electrons. The molecule has 7 heavy (non-hydrogen) atoms. The van der Waals surface area contributed by atoms with Crippen LogP contribution in [0, 0.1) is 0 Å². The molecule has 0 radical (unpaired) electrons. The molecule has 0 amide bonds. The smallest absolute Gasteiger partial charge is 0.314 e. The van der Waals surface area contributed by atoms with E-state index in [1.54, 1.807) is 0 Å². The lowest BCUT2D eigenvalue weighted by atomic mass is 10.5. The van der Waals surface area contributed by atoms with E-state index >= 15 is 0 Å². The monoisotopic (exact) mass is 104 g/mol. The van der Waals surface area contributed by atoms with E-state index in [1.165, 1.54) is 0 Å². The van der Waals surface area contributed by atoms with E-state index in [2.05, 4.69) is 4.74 Å². The van der Waals surface area contributed by atoms with Crippen molar-refractivity contribution in [3.63, 3.8) is 0 Å². The van der Waals surface area contributed by atoms with Gasteiger partial charge in [0.25, 0.3) is 0 Å². The summed E-state index contributed by atoms with van der Waals surface area (Å²) in [5.74, 6) is -2.15. The summed E-state index contributed by atoms with van der Waals surface area (Å²) in [7, 11) is 0. The first kappa shape index (κ1) is 4.70. The predicted octanol–water partition coefficient (Wildman–Crippen LogP) is -1.78. The van der Waals surface area contributed by atoms with Crippen LogP contribution in [0.3, 0.4) is 0 Å². The summed E-state index contributed by atoms with van der Waals surface area (Å²) in [5, 5.41) is 16.4. The van der Waals surface area contributed by atoms with E-state index in [4.69, 9.17) is 10.2 Å². The number of ether oxygens (including phenoxy) is 1. The molecule has 0 bridgehead atoms. The van der Waals surface area contributed by atoms with Gasteiger partial charge in [0.05, 0.1) is 0 Å². The first-order valence-electron chi connectivity index (χ1n) is 1.74. The lowest BCUT2D eigenvalue weighted by Gasteiger charge is -1.83. The van der Waals surface area contributed by atoms with Gasteiger partial charge in [0.2, 0.25) is 0 Å². The van der Waals surface area contributed by atoms with Crippen molar-refractivity contribution in [1.29, 1.82) is 0 Å². The first-order chi connectivity index (χ1) is 3.17. The maximum absolute atomic E-state index is 9.54. The van der Waals surface area contributed by atoms with Gasteiger partial charge in [0, 0.05) is 0 Å². The Kier molecular flexibility index (Phi) is 0.694. The van der Waals surface area contributed by atoms with Gasteiger partial charge < -0.3 is 19.7 Å². The molecule has 4 nitrogen and oxygen atoms in total. The Labute approximate surface area is 39.3 Å². The van der Waals surface area contributed by atoms with Gasteiger partial charge in [-0.3, -0.25) is 0 Å². The molecule has 1 aliphatic rings. The number of aliphatic hydroxyl groups is 2. The van der Waals surface area contributed by atoms with Gasteiger partial charge in [0.15, 0.2) is 12.4 Å². The summed E-state index contributed by atoms with van der Waals surface area (Å²) < 4.78 is 4.00. The fraction of sp³-hybridized carbons (Fsp3) is 0.667. The Balaban J connectivity index is 2.44. The van der Waals surface area contributed by atoms with Crippen molar-refractivity contribution in [3.8, 4) is 0 Å². The van der Waals surface area contributed by atoms with Crippen LogP contribution in [-0.2, 0) is 9.53 Å². The van der Waals surface area contributed by atoms with Gasteiger partial charge in [0.1, 0.15) is 0 Å². The lowest BCUT2D eigenvalue weighted by Crippen LogP contribution is -2.12. The summed E-state index contributed by atoms with van der Waals surface area (Å²) in [5.41, 5.74) is 0. The Morgan fingerprint density at radius 3 is 2.14 bits per heavy atom. The number of hydrogen-bond donors (Lipinski definition) is 2. The summed E-state index contributed by atoms with van der Waals surface area (Å²) in [6.07, 6.45) is -0.688. The molecule has 1 fully saturated rings. The SMILES string of the molecule is O=CC1OC1(O)O. The summed E-state index contributed by atoms with van der Waals surface area (Å²) in [4.78, 5) is 9.54. The molecule has 0 aliphatic carbocycles. The Bertz CT molecular complexity index is 97.1. The van der Waals surface area contributed by atoms with E-state index in [1.807, 2.05) is 0 Å². The first-order valence-corrected chi connectivity index (χ1v) is 1.74. The van der Waals surface area contributed by atoms with Gasteiger partial charge >= 0.3 is 5.97 Å². The maximum atomic E-state index is 9.54. The van der Waals surface area contributed by atoms with Crippen LogP contribution >= 0.6 is 0 Å². The highest BCUT2D eigenvalue weighted by Gasteiger charge is 2.55. The zero-order chi connectivity index (χ0) is 5.49. The Morgan fingerprint density at radius 2 is 2.14 bits per heavy atom.